The number of hydrogen-bond acceptors (Lipinski definition) is 9. The van der Waals surface area contributed by atoms with E-state index in [-0.39, 0.29) is 30.5 Å². The molecule has 1 aromatic heterocycles. The van der Waals surface area contributed by atoms with Crippen LogP contribution in [0.5, 0.6) is 5.75 Å². The summed E-state index contributed by atoms with van der Waals surface area (Å²) in [5.41, 5.74) is 5.52. The van der Waals surface area contributed by atoms with Crippen LogP contribution in [0.15, 0.2) is 72.8 Å². The molecule has 4 aromatic rings. The lowest BCUT2D eigenvalue weighted by Crippen LogP contribution is -2.49. The smallest absolute Gasteiger partial charge is 0.356 e. The lowest BCUT2D eigenvalue weighted by Gasteiger charge is -2.40. The Hall–Kier alpha value is -4.28. The SMILES string of the molecule is CCCCc1nc(CSC(CC)N2CCN(c3ccccc3OC)CC2)c(C(=O)OCC)n1Cc1ccc(-c2ccccc2)c(C(=O)OCC)c1. The van der Waals surface area contributed by atoms with Gasteiger partial charge in [0.25, 0.3) is 0 Å². The van der Waals surface area contributed by atoms with Crippen LogP contribution < -0.4 is 9.64 Å². The normalized spacial score (nSPS) is 13.9. The zero-order valence-electron chi connectivity index (χ0n) is 30.7. The van der Waals surface area contributed by atoms with Crippen LogP contribution in [0.4, 0.5) is 5.69 Å². The van der Waals surface area contributed by atoms with Gasteiger partial charge in [-0.2, -0.15) is 0 Å². The van der Waals surface area contributed by atoms with Crippen LogP contribution in [0.1, 0.15) is 84.9 Å². The molecule has 0 radical (unpaired) electrons. The van der Waals surface area contributed by atoms with E-state index in [4.69, 9.17) is 19.2 Å². The highest BCUT2D eigenvalue weighted by molar-refractivity contribution is 7.99. The van der Waals surface area contributed by atoms with Crippen molar-refractivity contribution in [1.82, 2.24) is 14.5 Å². The first-order valence-corrected chi connectivity index (χ1v) is 19.3. The number of carbonyl (C=O) groups is 2. The minimum absolute atomic E-state index is 0.272. The van der Waals surface area contributed by atoms with Gasteiger partial charge in [-0.25, -0.2) is 14.6 Å². The van der Waals surface area contributed by atoms with Crippen molar-refractivity contribution in [3.63, 3.8) is 0 Å². The Bertz CT molecular complexity index is 1740. The first-order valence-electron chi connectivity index (χ1n) is 18.3. The number of piperazine rings is 1. The Labute approximate surface area is 307 Å². The number of carbonyl (C=O) groups excluding carboxylic acids is 2. The number of nitrogens with zero attached hydrogens (tertiary/aromatic N) is 4. The number of imidazole rings is 1. The molecule has 2 heterocycles. The summed E-state index contributed by atoms with van der Waals surface area (Å²) in [4.78, 5) is 37.0. The van der Waals surface area contributed by atoms with Crippen LogP contribution in [0, 0.1) is 0 Å². The van der Waals surface area contributed by atoms with Crippen molar-refractivity contribution in [2.24, 2.45) is 0 Å². The van der Waals surface area contributed by atoms with Crippen molar-refractivity contribution < 1.29 is 23.8 Å². The van der Waals surface area contributed by atoms with Crippen LogP contribution in [-0.2, 0) is 28.2 Å². The average Bonchev–Trinajstić information content (AvgIpc) is 3.51. The number of rotatable bonds is 17. The lowest BCUT2D eigenvalue weighted by atomic mass is 9.97. The van der Waals surface area contributed by atoms with Crippen molar-refractivity contribution in [2.75, 3.05) is 51.4 Å². The van der Waals surface area contributed by atoms with E-state index in [0.717, 1.165) is 91.5 Å². The van der Waals surface area contributed by atoms with Gasteiger partial charge in [0.05, 0.1) is 42.6 Å². The molecule has 0 saturated carbocycles. The highest BCUT2D eigenvalue weighted by Gasteiger charge is 2.28. The topological polar surface area (TPSA) is 86.1 Å². The van der Waals surface area contributed by atoms with Gasteiger partial charge in [-0.05, 0) is 61.6 Å². The number of benzene rings is 3. The Kier molecular flexibility index (Phi) is 14.0. The number of para-hydroxylation sites is 2. The van der Waals surface area contributed by atoms with Crippen molar-refractivity contribution in [3.05, 3.63) is 101 Å². The number of ether oxygens (including phenoxy) is 3. The van der Waals surface area contributed by atoms with Crippen LogP contribution in [0.25, 0.3) is 11.1 Å². The Morgan fingerprint density at radius 2 is 1.57 bits per heavy atom. The number of anilines is 1. The second-order valence-electron chi connectivity index (χ2n) is 12.6. The minimum atomic E-state index is -0.368. The Morgan fingerprint density at radius 3 is 2.25 bits per heavy atom. The van der Waals surface area contributed by atoms with Crippen molar-refractivity contribution in [2.45, 2.75) is 71.0 Å². The summed E-state index contributed by atoms with van der Waals surface area (Å²) in [5, 5.41) is 0.279. The summed E-state index contributed by atoms with van der Waals surface area (Å²) >= 11 is 1.84. The molecule has 9 nitrogen and oxygen atoms in total. The number of hydrogen-bond donors (Lipinski definition) is 0. The quantitative estimate of drug-likeness (QED) is 0.101. The summed E-state index contributed by atoms with van der Waals surface area (Å²) in [5.74, 6) is 1.61. The van der Waals surface area contributed by atoms with Crippen molar-refractivity contribution in [3.8, 4) is 16.9 Å². The van der Waals surface area contributed by atoms with Crippen LogP contribution in [0.2, 0.25) is 0 Å². The van der Waals surface area contributed by atoms with Gasteiger partial charge >= 0.3 is 11.9 Å². The molecule has 1 fully saturated rings. The molecular formula is C41H52N4O5S. The zero-order chi connectivity index (χ0) is 36.2. The molecule has 5 rings (SSSR count). The highest BCUT2D eigenvalue weighted by Crippen LogP contribution is 2.32. The molecule has 0 aliphatic carbocycles. The van der Waals surface area contributed by atoms with E-state index in [2.05, 4.69) is 35.8 Å². The monoisotopic (exact) mass is 712 g/mol. The first-order chi connectivity index (χ1) is 24.9. The predicted molar refractivity (Wildman–Crippen MR) is 206 cm³/mol. The molecule has 51 heavy (non-hydrogen) atoms. The predicted octanol–water partition coefficient (Wildman–Crippen LogP) is 8.09. The molecule has 0 amide bonds. The van der Waals surface area contributed by atoms with E-state index in [1.807, 2.05) is 90.8 Å². The second kappa shape index (κ2) is 18.8. The number of methoxy groups -OCH3 is 1. The highest BCUT2D eigenvalue weighted by atomic mass is 32.2. The van der Waals surface area contributed by atoms with E-state index in [1.54, 1.807) is 7.11 Å². The number of esters is 2. The van der Waals surface area contributed by atoms with E-state index in [9.17, 15) is 9.59 Å². The molecule has 3 aromatic carbocycles. The summed E-state index contributed by atoms with van der Waals surface area (Å²) < 4.78 is 18.8. The molecule has 1 atom stereocenters. The second-order valence-corrected chi connectivity index (χ2v) is 13.7. The third-order valence-corrected chi connectivity index (χ3v) is 10.7. The van der Waals surface area contributed by atoms with Gasteiger partial charge in [0.1, 0.15) is 11.6 Å². The van der Waals surface area contributed by atoms with E-state index in [1.165, 1.54) is 0 Å². The fourth-order valence-electron chi connectivity index (χ4n) is 6.70. The largest absolute Gasteiger partial charge is 0.495 e. The third-order valence-electron chi connectivity index (χ3n) is 9.26. The number of thioether (sulfide) groups is 1. The molecule has 0 bridgehead atoms. The number of aryl methyl sites for hydroxylation is 1. The number of aromatic nitrogens is 2. The van der Waals surface area contributed by atoms with Gasteiger partial charge in [-0.3, -0.25) is 4.90 Å². The summed E-state index contributed by atoms with van der Waals surface area (Å²) in [6, 6.07) is 23.9. The van der Waals surface area contributed by atoms with Gasteiger partial charge in [0.15, 0.2) is 5.69 Å². The summed E-state index contributed by atoms with van der Waals surface area (Å²) in [6.07, 6.45) is 3.66. The third kappa shape index (κ3) is 9.34. The average molecular weight is 713 g/mol. The molecule has 1 aliphatic heterocycles. The minimum Gasteiger partial charge on any atom is -0.495 e. The fourth-order valence-corrected chi connectivity index (χ4v) is 7.90. The van der Waals surface area contributed by atoms with Gasteiger partial charge in [-0.15, -0.1) is 11.8 Å². The molecule has 1 saturated heterocycles. The van der Waals surface area contributed by atoms with Gasteiger partial charge in [0, 0.05) is 44.9 Å². The van der Waals surface area contributed by atoms with E-state index >= 15 is 0 Å². The maximum atomic E-state index is 13.7. The molecule has 272 valence electrons. The zero-order valence-corrected chi connectivity index (χ0v) is 31.5. The van der Waals surface area contributed by atoms with Crippen LogP contribution in [-0.4, -0.2) is 78.3 Å². The lowest BCUT2D eigenvalue weighted by molar-refractivity contribution is 0.0507. The molecule has 10 heteroatoms. The van der Waals surface area contributed by atoms with Crippen molar-refractivity contribution in [1.29, 1.82) is 0 Å². The summed E-state index contributed by atoms with van der Waals surface area (Å²) in [6.45, 7) is 12.7. The molecule has 0 N–H and O–H groups in total. The summed E-state index contributed by atoms with van der Waals surface area (Å²) in [7, 11) is 1.72. The van der Waals surface area contributed by atoms with Gasteiger partial charge in [0.2, 0.25) is 0 Å². The first kappa shape index (κ1) is 38.0. The van der Waals surface area contributed by atoms with Crippen molar-refractivity contribution >= 4 is 29.4 Å². The van der Waals surface area contributed by atoms with E-state index < -0.39 is 0 Å². The molecule has 0 spiro atoms. The Morgan fingerprint density at radius 1 is 0.863 bits per heavy atom. The molecule has 1 unspecified atom stereocenters. The number of unbranched alkanes of at least 4 members (excludes halogenated alkanes) is 1. The Balaban J connectivity index is 1.41. The van der Waals surface area contributed by atoms with Crippen LogP contribution in [0.3, 0.4) is 0 Å². The van der Waals surface area contributed by atoms with E-state index in [0.29, 0.717) is 23.6 Å². The maximum absolute atomic E-state index is 13.7. The van der Waals surface area contributed by atoms with Gasteiger partial charge < -0.3 is 23.7 Å². The maximum Gasteiger partial charge on any atom is 0.356 e. The standard InChI is InChI=1S/C41H52N4O5S/c1-6-10-20-37-42-34(29-51-38(7-2)44-25-23-43(24-26-44)35-18-14-15-19-36(35)48-5)39(41(47)50-9-4)45(37)28-30-21-22-32(31-16-12-11-13-17-31)33(27-30)40(46)49-8-3/h11-19,21-22,27,38H,6-10,20,23-26,28-29H2,1-5H3. The fraction of sp³-hybridized carbons (Fsp3) is 0.439. The molecule has 1 aliphatic rings. The molecular weight excluding hydrogens is 661 g/mol. The van der Waals surface area contributed by atoms with Crippen LogP contribution >= 0.6 is 11.8 Å². The van der Waals surface area contributed by atoms with Gasteiger partial charge in [-0.1, -0.05) is 74.9 Å².